The number of carboxylic acid groups (broad SMARTS) is 1. The molecule has 1 aliphatic heterocycles. The Bertz CT molecular complexity index is 738. The zero-order chi connectivity index (χ0) is 18.4. The Morgan fingerprint density at radius 3 is 2.35 bits per heavy atom. The number of benzene rings is 1. The van der Waals surface area contributed by atoms with Crippen molar-refractivity contribution in [2.45, 2.75) is 25.9 Å². The molecule has 6 heteroatoms. The van der Waals surface area contributed by atoms with Crippen LogP contribution in [0.25, 0.3) is 0 Å². The first-order chi connectivity index (χ1) is 12.6. The van der Waals surface area contributed by atoms with Gasteiger partial charge in [0.2, 0.25) is 0 Å². The SMILES string of the molecule is O=C(O)CC1CCN(C(=O)c2ccc(OCc3ccncc3)cc2)CC1. The number of aliphatic carboxylic acids is 1. The quantitative estimate of drug-likeness (QED) is 0.863. The van der Waals surface area contributed by atoms with E-state index in [2.05, 4.69) is 4.98 Å². The number of hydrogen-bond donors (Lipinski definition) is 1. The molecule has 136 valence electrons. The van der Waals surface area contributed by atoms with Crippen molar-refractivity contribution in [2.75, 3.05) is 13.1 Å². The lowest BCUT2D eigenvalue weighted by Gasteiger charge is -2.31. The number of carboxylic acids is 1. The smallest absolute Gasteiger partial charge is 0.303 e. The molecule has 1 aromatic heterocycles. The minimum atomic E-state index is -0.767. The van der Waals surface area contributed by atoms with Crippen LogP contribution in [0, 0.1) is 5.92 Å². The van der Waals surface area contributed by atoms with Crippen molar-refractivity contribution >= 4 is 11.9 Å². The molecule has 1 amide bonds. The summed E-state index contributed by atoms with van der Waals surface area (Å²) in [5, 5.41) is 8.87. The standard InChI is InChI=1S/C20H22N2O4/c23-19(24)13-15-7-11-22(12-8-15)20(25)17-1-3-18(4-2-17)26-14-16-5-9-21-10-6-16/h1-6,9-10,15H,7-8,11-14H2,(H,23,24). The molecule has 2 heterocycles. The van der Waals surface area contributed by atoms with Gasteiger partial charge in [-0.25, -0.2) is 0 Å². The lowest BCUT2D eigenvalue weighted by Crippen LogP contribution is -2.38. The fourth-order valence-corrected chi connectivity index (χ4v) is 3.11. The number of carbonyl (C=O) groups is 2. The summed E-state index contributed by atoms with van der Waals surface area (Å²) in [7, 11) is 0. The lowest BCUT2D eigenvalue weighted by molar-refractivity contribution is -0.138. The molecule has 1 fully saturated rings. The zero-order valence-electron chi connectivity index (χ0n) is 14.5. The minimum Gasteiger partial charge on any atom is -0.489 e. The van der Waals surface area contributed by atoms with Crippen molar-refractivity contribution in [3.05, 3.63) is 59.9 Å². The highest BCUT2D eigenvalue weighted by Gasteiger charge is 2.24. The number of carbonyl (C=O) groups excluding carboxylic acids is 1. The van der Waals surface area contributed by atoms with Crippen LogP contribution in [0.4, 0.5) is 0 Å². The average Bonchev–Trinajstić information content (AvgIpc) is 2.67. The molecule has 6 nitrogen and oxygen atoms in total. The molecule has 0 saturated carbocycles. The number of likely N-dealkylation sites (tertiary alicyclic amines) is 1. The highest BCUT2D eigenvalue weighted by atomic mass is 16.5. The van der Waals surface area contributed by atoms with Crippen molar-refractivity contribution in [3.8, 4) is 5.75 Å². The first kappa shape index (κ1) is 17.9. The van der Waals surface area contributed by atoms with Gasteiger partial charge in [0.25, 0.3) is 5.91 Å². The highest BCUT2D eigenvalue weighted by molar-refractivity contribution is 5.94. The van der Waals surface area contributed by atoms with E-state index in [1.54, 1.807) is 41.6 Å². The summed E-state index contributed by atoms with van der Waals surface area (Å²) in [6.07, 6.45) is 5.11. The maximum Gasteiger partial charge on any atom is 0.303 e. The minimum absolute atomic E-state index is 0.0144. The van der Waals surface area contributed by atoms with Gasteiger partial charge in [-0.3, -0.25) is 14.6 Å². The van der Waals surface area contributed by atoms with Gasteiger partial charge in [-0.15, -0.1) is 0 Å². The monoisotopic (exact) mass is 354 g/mol. The summed E-state index contributed by atoms with van der Waals surface area (Å²) in [5.41, 5.74) is 1.65. The molecule has 3 rings (SSSR count). The van der Waals surface area contributed by atoms with E-state index < -0.39 is 5.97 Å². The van der Waals surface area contributed by atoms with Crippen molar-refractivity contribution in [1.82, 2.24) is 9.88 Å². The van der Waals surface area contributed by atoms with E-state index in [9.17, 15) is 9.59 Å². The number of amides is 1. The van der Waals surface area contributed by atoms with Crippen LogP contribution in [0.5, 0.6) is 5.75 Å². The van der Waals surface area contributed by atoms with Gasteiger partial charge < -0.3 is 14.7 Å². The Morgan fingerprint density at radius 1 is 1.08 bits per heavy atom. The van der Waals surface area contributed by atoms with E-state index in [4.69, 9.17) is 9.84 Å². The molecule has 1 aliphatic rings. The molecular weight excluding hydrogens is 332 g/mol. The summed E-state index contributed by atoms with van der Waals surface area (Å²) in [4.78, 5) is 29.1. The third-order valence-corrected chi connectivity index (χ3v) is 4.62. The van der Waals surface area contributed by atoms with E-state index in [1.807, 2.05) is 12.1 Å². The molecule has 0 aliphatic carbocycles. The van der Waals surface area contributed by atoms with Gasteiger partial charge in [-0.2, -0.15) is 0 Å². The number of rotatable bonds is 6. The molecule has 0 unspecified atom stereocenters. The Balaban J connectivity index is 1.52. The highest BCUT2D eigenvalue weighted by Crippen LogP contribution is 2.22. The Labute approximate surface area is 152 Å². The fraction of sp³-hybridized carbons (Fsp3) is 0.350. The number of ether oxygens (including phenoxy) is 1. The molecule has 1 N–H and O–H groups in total. The molecule has 0 radical (unpaired) electrons. The average molecular weight is 354 g/mol. The van der Waals surface area contributed by atoms with E-state index in [0.717, 1.165) is 18.4 Å². The van der Waals surface area contributed by atoms with Crippen molar-refractivity contribution in [3.63, 3.8) is 0 Å². The van der Waals surface area contributed by atoms with Crippen LogP contribution in [-0.4, -0.2) is 40.0 Å². The summed E-state index contributed by atoms with van der Waals surface area (Å²) in [5.74, 6) is 0.0932. The van der Waals surface area contributed by atoms with E-state index >= 15 is 0 Å². The van der Waals surface area contributed by atoms with Gasteiger partial charge >= 0.3 is 5.97 Å². The first-order valence-corrected chi connectivity index (χ1v) is 8.74. The van der Waals surface area contributed by atoms with Crippen molar-refractivity contribution in [2.24, 2.45) is 5.92 Å². The Morgan fingerprint density at radius 2 is 1.73 bits per heavy atom. The molecule has 1 aromatic carbocycles. The maximum absolute atomic E-state index is 12.6. The van der Waals surface area contributed by atoms with Gasteiger partial charge in [-0.05, 0) is 60.7 Å². The van der Waals surface area contributed by atoms with Crippen LogP contribution >= 0.6 is 0 Å². The van der Waals surface area contributed by atoms with E-state index in [1.165, 1.54) is 0 Å². The Hall–Kier alpha value is -2.89. The summed E-state index contributed by atoms with van der Waals surface area (Å²) >= 11 is 0. The largest absolute Gasteiger partial charge is 0.489 e. The van der Waals surface area contributed by atoms with Crippen LogP contribution in [0.2, 0.25) is 0 Å². The van der Waals surface area contributed by atoms with Crippen LogP contribution in [-0.2, 0) is 11.4 Å². The number of piperidine rings is 1. The van der Waals surface area contributed by atoms with E-state index in [0.29, 0.717) is 31.0 Å². The third-order valence-electron chi connectivity index (χ3n) is 4.62. The van der Waals surface area contributed by atoms with Crippen molar-refractivity contribution in [1.29, 1.82) is 0 Å². The van der Waals surface area contributed by atoms with Gasteiger partial charge in [-0.1, -0.05) is 0 Å². The Kier molecular flexibility index (Phi) is 5.84. The van der Waals surface area contributed by atoms with Gasteiger partial charge in [0.1, 0.15) is 12.4 Å². The van der Waals surface area contributed by atoms with Crippen molar-refractivity contribution < 1.29 is 19.4 Å². The number of pyridine rings is 1. The summed E-state index contributed by atoms with van der Waals surface area (Å²) in [6, 6.07) is 10.9. The second kappa shape index (κ2) is 8.47. The van der Waals surface area contributed by atoms with Gasteiger partial charge in [0.15, 0.2) is 0 Å². The van der Waals surface area contributed by atoms with Crippen LogP contribution in [0.3, 0.4) is 0 Å². The van der Waals surface area contributed by atoms with Gasteiger partial charge in [0, 0.05) is 37.5 Å². The van der Waals surface area contributed by atoms with E-state index in [-0.39, 0.29) is 18.2 Å². The summed E-state index contributed by atoms with van der Waals surface area (Å²) < 4.78 is 5.72. The lowest BCUT2D eigenvalue weighted by atomic mass is 9.93. The normalized spacial score (nSPS) is 14.8. The third kappa shape index (κ3) is 4.81. The zero-order valence-corrected chi connectivity index (χ0v) is 14.5. The fourth-order valence-electron chi connectivity index (χ4n) is 3.11. The van der Waals surface area contributed by atoms with Crippen LogP contribution in [0.15, 0.2) is 48.8 Å². The topological polar surface area (TPSA) is 79.7 Å². The molecule has 2 aromatic rings. The number of aromatic nitrogens is 1. The maximum atomic E-state index is 12.6. The molecule has 0 atom stereocenters. The van der Waals surface area contributed by atoms with Crippen LogP contribution < -0.4 is 4.74 Å². The van der Waals surface area contributed by atoms with Crippen LogP contribution in [0.1, 0.15) is 35.2 Å². The molecule has 1 saturated heterocycles. The predicted molar refractivity (Wildman–Crippen MR) is 95.9 cm³/mol. The van der Waals surface area contributed by atoms with Gasteiger partial charge in [0.05, 0.1) is 0 Å². The first-order valence-electron chi connectivity index (χ1n) is 8.74. The number of nitrogens with zero attached hydrogens (tertiary/aromatic N) is 2. The molecule has 26 heavy (non-hydrogen) atoms. The summed E-state index contributed by atoms with van der Waals surface area (Å²) in [6.45, 7) is 1.67. The molecule has 0 bridgehead atoms. The second-order valence-electron chi connectivity index (χ2n) is 6.50. The predicted octanol–water partition coefficient (Wildman–Crippen LogP) is 2.99. The molecular formula is C20H22N2O4. The molecule has 0 spiro atoms. The second-order valence-corrected chi connectivity index (χ2v) is 6.50. The number of hydrogen-bond acceptors (Lipinski definition) is 4.